The van der Waals surface area contributed by atoms with Gasteiger partial charge in [0.05, 0.1) is 18.1 Å². The topological polar surface area (TPSA) is 66.8 Å². The number of hydrogen-bond acceptors (Lipinski definition) is 4. The number of aliphatic hydroxyl groups is 2. The van der Waals surface area contributed by atoms with Gasteiger partial charge in [0.15, 0.2) is 0 Å². The molecule has 1 saturated heterocycles. The Morgan fingerprint density at radius 2 is 2.11 bits per heavy atom. The first-order valence-corrected chi connectivity index (χ1v) is 6.82. The molecular formula is C15H20O4. The third-order valence-corrected chi connectivity index (χ3v) is 5.16. The first kappa shape index (κ1) is 12.9. The zero-order valence-electron chi connectivity index (χ0n) is 11.3. The van der Waals surface area contributed by atoms with Crippen molar-refractivity contribution < 1.29 is 19.7 Å². The van der Waals surface area contributed by atoms with Gasteiger partial charge in [0.2, 0.25) is 0 Å². The highest BCUT2D eigenvalue weighted by molar-refractivity contribution is 5.91. The number of fused-ring (bicyclic) bond motifs is 3. The predicted molar refractivity (Wildman–Crippen MR) is 69.2 cm³/mol. The Morgan fingerprint density at radius 1 is 1.42 bits per heavy atom. The molecule has 1 heterocycles. The summed E-state index contributed by atoms with van der Waals surface area (Å²) < 4.78 is 5.43. The van der Waals surface area contributed by atoms with Crippen molar-refractivity contribution in [3.8, 4) is 0 Å². The van der Waals surface area contributed by atoms with Crippen molar-refractivity contribution in [2.45, 2.75) is 51.4 Å². The molecule has 1 saturated carbocycles. The number of carbonyl (C=O) groups excluding carboxylic acids is 1. The predicted octanol–water partition coefficient (Wildman–Crippen LogP) is 1.33. The zero-order valence-corrected chi connectivity index (χ0v) is 11.3. The highest BCUT2D eigenvalue weighted by atomic mass is 16.6. The number of carbonyl (C=O) groups is 1. The molecule has 0 spiro atoms. The van der Waals surface area contributed by atoms with Crippen LogP contribution in [0.1, 0.15) is 33.1 Å². The Bertz CT molecular complexity index is 492. The summed E-state index contributed by atoms with van der Waals surface area (Å²) in [5.74, 6) is -0.769. The maximum absolute atomic E-state index is 11.7. The van der Waals surface area contributed by atoms with Crippen LogP contribution in [-0.4, -0.2) is 34.5 Å². The molecule has 0 amide bonds. The average Bonchev–Trinajstić information content (AvgIpc) is 2.61. The molecule has 2 fully saturated rings. The van der Waals surface area contributed by atoms with Crippen molar-refractivity contribution in [2.24, 2.45) is 11.3 Å². The molecular weight excluding hydrogens is 244 g/mol. The van der Waals surface area contributed by atoms with Gasteiger partial charge in [-0.25, -0.2) is 4.79 Å². The van der Waals surface area contributed by atoms with Gasteiger partial charge in [-0.3, -0.25) is 0 Å². The van der Waals surface area contributed by atoms with E-state index in [1.54, 1.807) is 0 Å². The SMILES string of the molecule is C=C1C(=O)O[C@@H]2C3=C(C)CC[C@@H](O)[C@]3(C)C[C@@H](O)[C@@H]12. The molecule has 3 aliphatic rings. The molecule has 0 radical (unpaired) electrons. The third-order valence-electron chi connectivity index (χ3n) is 5.16. The normalized spacial score (nSPS) is 45.9. The van der Waals surface area contributed by atoms with E-state index in [0.29, 0.717) is 18.4 Å². The smallest absolute Gasteiger partial charge is 0.334 e. The number of rotatable bonds is 0. The fourth-order valence-corrected chi connectivity index (χ4v) is 4.10. The molecule has 19 heavy (non-hydrogen) atoms. The lowest BCUT2D eigenvalue weighted by molar-refractivity contribution is -0.140. The highest BCUT2D eigenvalue weighted by Gasteiger charge is 2.57. The van der Waals surface area contributed by atoms with E-state index in [1.165, 1.54) is 5.57 Å². The summed E-state index contributed by atoms with van der Waals surface area (Å²) in [6.07, 6.45) is 0.356. The van der Waals surface area contributed by atoms with Crippen LogP contribution >= 0.6 is 0 Å². The van der Waals surface area contributed by atoms with Crippen LogP contribution in [0.3, 0.4) is 0 Å². The summed E-state index contributed by atoms with van der Waals surface area (Å²) in [6.45, 7) is 7.75. The van der Waals surface area contributed by atoms with E-state index in [-0.39, 0.29) is 5.92 Å². The molecule has 3 rings (SSSR count). The Morgan fingerprint density at radius 3 is 2.79 bits per heavy atom. The lowest BCUT2D eigenvalue weighted by Crippen LogP contribution is -2.52. The first-order chi connectivity index (χ1) is 8.86. The molecule has 5 atom stereocenters. The van der Waals surface area contributed by atoms with Gasteiger partial charge in [-0.1, -0.05) is 19.1 Å². The van der Waals surface area contributed by atoms with E-state index in [1.807, 2.05) is 13.8 Å². The first-order valence-electron chi connectivity index (χ1n) is 6.82. The van der Waals surface area contributed by atoms with Gasteiger partial charge < -0.3 is 14.9 Å². The summed E-state index contributed by atoms with van der Waals surface area (Å²) in [5.41, 5.74) is 2.05. The molecule has 4 heteroatoms. The van der Waals surface area contributed by atoms with Crippen LogP contribution in [0, 0.1) is 11.3 Å². The second-order valence-corrected chi connectivity index (χ2v) is 6.31. The van der Waals surface area contributed by atoms with Crippen molar-refractivity contribution >= 4 is 5.97 Å². The van der Waals surface area contributed by atoms with Gasteiger partial charge in [0.1, 0.15) is 6.10 Å². The average molecular weight is 264 g/mol. The molecule has 2 N–H and O–H groups in total. The Kier molecular flexibility index (Phi) is 2.67. The van der Waals surface area contributed by atoms with Crippen molar-refractivity contribution in [2.75, 3.05) is 0 Å². The van der Waals surface area contributed by atoms with Crippen molar-refractivity contribution in [3.05, 3.63) is 23.3 Å². The highest BCUT2D eigenvalue weighted by Crippen LogP contribution is 2.55. The van der Waals surface area contributed by atoms with Crippen LogP contribution in [0.15, 0.2) is 23.3 Å². The van der Waals surface area contributed by atoms with Crippen LogP contribution in [0.2, 0.25) is 0 Å². The lowest BCUT2D eigenvalue weighted by atomic mass is 9.58. The Labute approximate surface area is 112 Å². The molecule has 0 aromatic rings. The van der Waals surface area contributed by atoms with Gasteiger partial charge >= 0.3 is 5.97 Å². The maximum atomic E-state index is 11.7. The number of allylic oxidation sites excluding steroid dienone is 1. The van der Waals surface area contributed by atoms with E-state index in [9.17, 15) is 15.0 Å². The number of hydrogen-bond donors (Lipinski definition) is 2. The van der Waals surface area contributed by atoms with Gasteiger partial charge in [-0.2, -0.15) is 0 Å². The van der Waals surface area contributed by atoms with E-state index < -0.39 is 29.7 Å². The number of ether oxygens (including phenoxy) is 1. The Hall–Kier alpha value is -1.13. The lowest BCUT2D eigenvalue weighted by Gasteiger charge is -2.49. The monoisotopic (exact) mass is 264 g/mol. The van der Waals surface area contributed by atoms with Gasteiger partial charge in [-0.15, -0.1) is 0 Å². The second-order valence-electron chi connectivity index (χ2n) is 6.31. The summed E-state index contributed by atoms with van der Waals surface area (Å²) >= 11 is 0. The van der Waals surface area contributed by atoms with Crippen LogP contribution in [0.4, 0.5) is 0 Å². The molecule has 4 nitrogen and oxygen atoms in total. The van der Waals surface area contributed by atoms with Gasteiger partial charge in [0, 0.05) is 11.0 Å². The Balaban J connectivity index is 2.12. The molecule has 104 valence electrons. The second kappa shape index (κ2) is 3.93. The summed E-state index contributed by atoms with van der Waals surface area (Å²) in [7, 11) is 0. The van der Waals surface area contributed by atoms with Crippen LogP contribution < -0.4 is 0 Å². The van der Waals surface area contributed by atoms with Crippen LogP contribution in [0.25, 0.3) is 0 Å². The van der Waals surface area contributed by atoms with Crippen LogP contribution in [0.5, 0.6) is 0 Å². The molecule has 1 aliphatic heterocycles. The summed E-state index contributed by atoms with van der Waals surface area (Å²) in [6, 6.07) is 0. The van der Waals surface area contributed by atoms with Gasteiger partial charge in [-0.05, 0) is 31.8 Å². The van der Waals surface area contributed by atoms with E-state index in [0.717, 1.165) is 12.0 Å². The van der Waals surface area contributed by atoms with E-state index in [2.05, 4.69) is 6.58 Å². The van der Waals surface area contributed by atoms with Crippen molar-refractivity contribution in [1.29, 1.82) is 0 Å². The molecule has 0 unspecified atom stereocenters. The third kappa shape index (κ3) is 1.56. The maximum Gasteiger partial charge on any atom is 0.334 e. The molecule has 0 aromatic heterocycles. The number of aliphatic hydroxyl groups excluding tert-OH is 2. The zero-order chi connectivity index (χ0) is 13.9. The quantitative estimate of drug-likeness (QED) is 0.393. The largest absolute Gasteiger partial charge is 0.454 e. The fraction of sp³-hybridized carbons (Fsp3) is 0.667. The standard InChI is InChI=1S/C15H20O4/c1-7-4-5-10(17)15(3)6-9(16)11-8(2)14(18)19-13(11)12(7)15/h9-11,13,16-17H,2,4-6H2,1,3H3/t9-,10-,11-,13+,15+/m1/s1. The van der Waals surface area contributed by atoms with Crippen molar-refractivity contribution in [1.82, 2.24) is 0 Å². The minimum atomic E-state index is -0.682. The molecule has 0 aromatic carbocycles. The number of esters is 1. The summed E-state index contributed by atoms with van der Waals surface area (Å²) in [4.78, 5) is 11.7. The minimum absolute atomic E-state index is 0.351. The van der Waals surface area contributed by atoms with Crippen molar-refractivity contribution in [3.63, 3.8) is 0 Å². The van der Waals surface area contributed by atoms with E-state index >= 15 is 0 Å². The van der Waals surface area contributed by atoms with Gasteiger partial charge in [0.25, 0.3) is 0 Å². The van der Waals surface area contributed by atoms with Crippen LogP contribution in [-0.2, 0) is 9.53 Å². The summed E-state index contributed by atoms with van der Waals surface area (Å²) in [5, 5.41) is 20.7. The van der Waals surface area contributed by atoms with E-state index in [4.69, 9.17) is 4.74 Å². The minimum Gasteiger partial charge on any atom is -0.454 e. The molecule has 0 bridgehead atoms. The fourth-order valence-electron chi connectivity index (χ4n) is 4.10. The molecule has 2 aliphatic carbocycles.